The van der Waals surface area contributed by atoms with Gasteiger partial charge >= 0.3 is 6.09 Å². The van der Waals surface area contributed by atoms with Crippen LogP contribution in [0.25, 0.3) is 10.9 Å². The zero-order valence-electron chi connectivity index (χ0n) is 15.9. The number of cyclic esters (lactones) is 1. The van der Waals surface area contributed by atoms with Crippen LogP contribution in [0.4, 0.5) is 4.79 Å². The quantitative estimate of drug-likeness (QED) is 0.409. The van der Waals surface area contributed by atoms with Crippen molar-refractivity contribution in [3.63, 3.8) is 0 Å². The number of aryl methyl sites for hydroxylation is 1. The molecule has 0 radical (unpaired) electrons. The maximum absolute atomic E-state index is 12.0. The van der Waals surface area contributed by atoms with E-state index in [1.54, 1.807) is 4.90 Å². The molecule has 2 fully saturated rings. The van der Waals surface area contributed by atoms with Gasteiger partial charge in [-0.3, -0.25) is 4.90 Å². The molecular weight excluding hydrogens is 496 g/mol. The number of hydrogen-bond donors (Lipinski definition) is 0. The Balaban J connectivity index is 1.62. The van der Waals surface area contributed by atoms with Crippen LogP contribution in [0.2, 0.25) is 0 Å². The van der Waals surface area contributed by atoms with Crippen molar-refractivity contribution in [3.8, 4) is 0 Å². The highest BCUT2D eigenvalue weighted by Gasteiger charge is 2.41. The summed E-state index contributed by atoms with van der Waals surface area (Å²) in [5.74, 6) is 0.609. The van der Waals surface area contributed by atoms with Crippen molar-refractivity contribution >= 4 is 48.9 Å². The number of hydrogen-bond acceptors (Lipinski definition) is 2. The topological polar surface area (TPSA) is 34.5 Å². The van der Waals surface area contributed by atoms with Crippen molar-refractivity contribution < 1.29 is 9.53 Å². The van der Waals surface area contributed by atoms with E-state index in [-0.39, 0.29) is 12.0 Å². The third kappa shape index (κ3) is 3.22. The minimum Gasteiger partial charge on any atom is -0.447 e. The molecule has 29 heavy (non-hydrogen) atoms. The third-order valence-corrected chi connectivity index (χ3v) is 7.19. The first-order valence-electron chi connectivity index (χ1n) is 9.66. The average molecular weight is 516 g/mol. The standard InChI is InChI=1S/C23H20Br2N2O2/c1-26-13-18(22-19(25)3-2-4-20(22)26)21-15(12-27-9-10-29-23(27)28)11-17(21)14-5-7-16(24)8-6-14/h2-8,12-13,17,21H,9-11H2,1H3/b15-12-/t17-,21+/m0/s1. The average Bonchev–Trinajstić information content (AvgIpc) is 3.24. The van der Waals surface area contributed by atoms with E-state index in [0.717, 1.165) is 15.4 Å². The number of aromatic nitrogens is 1. The first kappa shape index (κ1) is 18.9. The summed E-state index contributed by atoms with van der Waals surface area (Å²) in [4.78, 5) is 13.7. The predicted octanol–water partition coefficient (Wildman–Crippen LogP) is 6.31. The van der Waals surface area contributed by atoms with E-state index in [2.05, 4.69) is 92.1 Å². The Morgan fingerprint density at radius 2 is 1.93 bits per heavy atom. The summed E-state index contributed by atoms with van der Waals surface area (Å²) in [7, 11) is 2.09. The summed E-state index contributed by atoms with van der Waals surface area (Å²) in [5, 5.41) is 1.25. The molecule has 0 unspecified atom stereocenters. The molecular formula is C23H20Br2N2O2. The van der Waals surface area contributed by atoms with E-state index in [1.807, 2.05) is 6.20 Å². The lowest BCUT2D eigenvalue weighted by Crippen LogP contribution is -2.28. The van der Waals surface area contributed by atoms with Crippen LogP contribution in [0.1, 0.15) is 29.4 Å². The van der Waals surface area contributed by atoms with Crippen LogP contribution in [0.5, 0.6) is 0 Å². The Morgan fingerprint density at radius 3 is 2.66 bits per heavy atom. The Labute approximate surface area is 186 Å². The number of rotatable bonds is 3. The Morgan fingerprint density at radius 1 is 1.14 bits per heavy atom. The van der Waals surface area contributed by atoms with Gasteiger partial charge in [0, 0.05) is 45.2 Å². The van der Waals surface area contributed by atoms with Gasteiger partial charge in [-0.1, -0.05) is 50.1 Å². The monoisotopic (exact) mass is 514 g/mol. The van der Waals surface area contributed by atoms with Gasteiger partial charge in [-0.15, -0.1) is 0 Å². The van der Waals surface area contributed by atoms with Crippen LogP contribution in [-0.2, 0) is 11.8 Å². The van der Waals surface area contributed by atoms with Gasteiger partial charge < -0.3 is 9.30 Å². The van der Waals surface area contributed by atoms with Crippen LogP contribution < -0.4 is 0 Å². The van der Waals surface area contributed by atoms with Gasteiger partial charge in [0.15, 0.2) is 0 Å². The van der Waals surface area contributed by atoms with Gasteiger partial charge in [0.25, 0.3) is 0 Å². The van der Waals surface area contributed by atoms with Crippen LogP contribution in [-0.4, -0.2) is 28.7 Å². The number of fused-ring (bicyclic) bond motifs is 1. The molecule has 2 aliphatic rings. The second kappa shape index (κ2) is 7.33. The number of benzene rings is 2. The molecule has 1 saturated heterocycles. The third-order valence-electron chi connectivity index (χ3n) is 6.00. The van der Waals surface area contributed by atoms with Crippen molar-refractivity contribution in [2.75, 3.05) is 13.2 Å². The number of nitrogens with zero attached hydrogens (tertiary/aromatic N) is 2. The lowest BCUT2D eigenvalue weighted by molar-refractivity contribution is 0.165. The zero-order chi connectivity index (χ0) is 20.1. The van der Waals surface area contributed by atoms with E-state index < -0.39 is 0 Å². The summed E-state index contributed by atoms with van der Waals surface area (Å²) in [6, 6.07) is 14.9. The fourth-order valence-corrected chi connectivity index (χ4v) is 5.41. The summed E-state index contributed by atoms with van der Waals surface area (Å²) in [6.07, 6.45) is 4.95. The highest BCUT2D eigenvalue weighted by molar-refractivity contribution is 9.11. The molecule has 2 heterocycles. The van der Waals surface area contributed by atoms with Crippen LogP contribution >= 0.6 is 31.9 Å². The number of halogens is 2. The van der Waals surface area contributed by atoms with Gasteiger partial charge in [0.2, 0.25) is 0 Å². The van der Waals surface area contributed by atoms with Gasteiger partial charge in [-0.2, -0.15) is 0 Å². The molecule has 1 aliphatic carbocycles. The molecule has 1 aromatic heterocycles. The molecule has 0 bridgehead atoms. The number of carbonyl (C=O) groups is 1. The van der Waals surface area contributed by atoms with E-state index in [0.29, 0.717) is 19.1 Å². The maximum atomic E-state index is 12.0. The Hall–Kier alpha value is -2.05. The second-order valence-corrected chi connectivity index (χ2v) is 9.45. The molecule has 2 atom stereocenters. The molecule has 148 valence electrons. The highest BCUT2D eigenvalue weighted by Crippen LogP contribution is 2.55. The molecule has 2 aromatic carbocycles. The van der Waals surface area contributed by atoms with Crippen molar-refractivity contribution in [1.82, 2.24) is 9.47 Å². The number of carbonyl (C=O) groups excluding carboxylic acids is 1. The Bertz CT molecular complexity index is 1130. The molecule has 1 saturated carbocycles. The fourth-order valence-electron chi connectivity index (χ4n) is 4.56. The first-order valence-corrected chi connectivity index (χ1v) is 11.2. The molecule has 1 amide bonds. The molecule has 1 aliphatic heterocycles. The van der Waals surface area contributed by atoms with E-state index in [4.69, 9.17) is 4.74 Å². The maximum Gasteiger partial charge on any atom is 0.413 e. The van der Waals surface area contributed by atoms with Crippen LogP contribution in [0.15, 0.2) is 69.4 Å². The van der Waals surface area contributed by atoms with E-state index in [1.165, 1.54) is 27.6 Å². The van der Waals surface area contributed by atoms with E-state index in [9.17, 15) is 4.79 Å². The molecule has 0 spiro atoms. The van der Waals surface area contributed by atoms with E-state index >= 15 is 0 Å². The van der Waals surface area contributed by atoms with Gasteiger partial charge in [0.1, 0.15) is 6.61 Å². The molecule has 4 nitrogen and oxygen atoms in total. The first-order chi connectivity index (χ1) is 14.0. The van der Waals surface area contributed by atoms with Gasteiger partial charge in [-0.05, 0) is 53.3 Å². The largest absolute Gasteiger partial charge is 0.447 e. The second-order valence-electron chi connectivity index (χ2n) is 7.68. The number of ether oxygens (including phenoxy) is 1. The molecule has 3 aromatic rings. The zero-order valence-corrected chi connectivity index (χ0v) is 19.1. The highest BCUT2D eigenvalue weighted by atomic mass is 79.9. The Kier molecular flexibility index (Phi) is 4.79. The smallest absolute Gasteiger partial charge is 0.413 e. The van der Waals surface area contributed by atoms with Crippen molar-refractivity contribution in [2.45, 2.75) is 18.3 Å². The summed E-state index contributed by atoms with van der Waals surface area (Å²) < 4.78 is 9.50. The SMILES string of the molecule is Cn1cc([C@@H]2/C(=C\N3CCOC3=O)C[C@H]2c2ccc(Br)cc2)c2c(Br)cccc21. The lowest BCUT2D eigenvalue weighted by Gasteiger charge is -2.41. The van der Waals surface area contributed by atoms with Crippen LogP contribution in [0, 0.1) is 0 Å². The number of amides is 1. The van der Waals surface area contributed by atoms with Crippen LogP contribution in [0.3, 0.4) is 0 Å². The van der Waals surface area contributed by atoms with Crippen molar-refractivity contribution in [2.24, 2.45) is 7.05 Å². The number of allylic oxidation sites excluding steroid dienone is 1. The molecule has 5 rings (SSSR count). The molecule has 6 heteroatoms. The van der Waals surface area contributed by atoms with Gasteiger partial charge in [-0.25, -0.2) is 4.79 Å². The summed E-state index contributed by atoms with van der Waals surface area (Å²) in [6.45, 7) is 1.08. The fraction of sp³-hybridized carbons (Fsp3) is 0.261. The van der Waals surface area contributed by atoms with Gasteiger partial charge in [0.05, 0.1) is 6.54 Å². The minimum atomic E-state index is -0.248. The minimum absolute atomic E-state index is 0.229. The summed E-state index contributed by atoms with van der Waals surface area (Å²) in [5.41, 5.74) is 5.10. The molecule has 0 N–H and O–H groups in total. The lowest BCUT2D eigenvalue weighted by atomic mass is 9.63. The van der Waals surface area contributed by atoms with Crippen molar-refractivity contribution in [3.05, 3.63) is 80.5 Å². The van der Waals surface area contributed by atoms with Crippen molar-refractivity contribution in [1.29, 1.82) is 0 Å². The predicted molar refractivity (Wildman–Crippen MR) is 121 cm³/mol. The normalized spacial score (nSPS) is 22.9. The summed E-state index contributed by atoms with van der Waals surface area (Å²) >= 11 is 7.30.